The van der Waals surface area contributed by atoms with Gasteiger partial charge in [-0.1, -0.05) is 19.3 Å². The number of rotatable bonds is 6. The van der Waals surface area contributed by atoms with Crippen LogP contribution in [0.5, 0.6) is 6.01 Å². The Kier molecular flexibility index (Phi) is 6.18. The van der Waals surface area contributed by atoms with E-state index < -0.39 is 12.8 Å². The van der Waals surface area contributed by atoms with Gasteiger partial charge in [0.2, 0.25) is 5.91 Å². The molecule has 0 spiro atoms. The molecule has 0 atom stereocenters. The lowest BCUT2D eigenvalue weighted by atomic mass is 9.87. The predicted molar refractivity (Wildman–Crippen MR) is 76.6 cm³/mol. The van der Waals surface area contributed by atoms with Crippen LogP contribution in [-0.2, 0) is 11.3 Å². The summed E-state index contributed by atoms with van der Waals surface area (Å²) in [5.41, 5.74) is 0.411. The number of alkyl halides is 3. The maximum Gasteiger partial charge on any atom is 0.422 e. The van der Waals surface area contributed by atoms with Crippen molar-refractivity contribution in [1.82, 2.24) is 15.3 Å². The number of ether oxygens (including phenoxy) is 1. The monoisotopic (exact) mass is 331 g/mol. The van der Waals surface area contributed by atoms with E-state index in [9.17, 15) is 18.0 Å². The summed E-state index contributed by atoms with van der Waals surface area (Å²) in [4.78, 5) is 19.4. The summed E-state index contributed by atoms with van der Waals surface area (Å²) in [6, 6.07) is 1.18. The van der Waals surface area contributed by atoms with Crippen LogP contribution < -0.4 is 10.1 Å². The highest BCUT2D eigenvalue weighted by molar-refractivity contribution is 5.76. The second-order valence-electron chi connectivity index (χ2n) is 5.72. The molecule has 0 unspecified atom stereocenters. The fourth-order valence-electron chi connectivity index (χ4n) is 2.61. The molecule has 1 N–H and O–H groups in total. The number of aromatic nitrogens is 2. The first kappa shape index (κ1) is 17.5. The summed E-state index contributed by atoms with van der Waals surface area (Å²) >= 11 is 0. The van der Waals surface area contributed by atoms with Crippen molar-refractivity contribution >= 4 is 5.91 Å². The van der Waals surface area contributed by atoms with Gasteiger partial charge in [0.25, 0.3) is 0 Å². The van der Waals surface area contributed by atoms with Crippen LogP contribution in [0.4, 0.5) is 13.2 Å². The van der Waals surface area contributed by atoms with Gasteiger partial charge in [-0.3, -0.25) is 4.79 Å². The Hall–Kier alpha value is -1.86. The number of nitrogens with one attached hydrogen (secondary N) is 1. The highest BCUT2D eigenvalue weighted by Gasteiger charge is 2.29. The van der Waals surface area contributed by atoms with Crippen LogP contribution in [-0.4, -0.2) is 28.7 Å². The summed E-state index contributed by atoms with van der Waals surface area (Å²) in [5, 5.41) is 2.74. The molecule has 1 aliphatic rings. The normalized spacial score (nSPS) is 16.1. The lowest BCUT2D eigenvalue weighted by Crippen LogP contribution is -2.26. The van der Waals surface area contributed by atoms with E-state index in [1.807, 2.05) is 0 Å². The molecule has 0 radical (unpaired) electrons. The van der Waals surface area contributed by atoms with Crippen LogP contribution in [0.2, 0.25) is 0 Å². The first-order valence-electron chi connectivity index (χ1n) is 7.70. The van der Waals surface area contributed by atoms with E-state index >= 15 is 0 Å². The van der Waals surface area contributed by atoms with E-state index in [-0.39, 0.29) is 18.5 Å². The van der Waals surface area contributed by atoms with E-state index in [2.05, 4.69) is 20.0 Å². The molecule has 1 aromatic rings. The standard InChI is InChI=1S/C15H20F3N3O2/c16-15(17,18)10-23-14-19-7-6-12(21-14)9-20-13(22)8-11-4-2-1-3-5-11/h6-7,11H,1-5,8-10H2,(H,20,22). The second kappa shape index (κ2) is 8.12. The van der Waals surface area contributed by atoms with Gasteiger partial charge >= 0.3 is 12.2 Å². The Morgan fingerprint density at radius 2 is 2.04 bits per heavy atom. The molecule has 5 nitrogen and oxygen atoms in total. The lowest BCUT2D eigenvalue weighted by Gasteiger charge is -2.20. The summed E-state index contributed by atoms with van der Waals surface area (Å²) in [6.45, 7) is -1.29. The zero-order chi connectivity index (χ0) is 16.7. The van der Waals surface area contributed by atoms with Crippen LogP contribution in [0.3, 0.4) is 0 Å². The van der Waals surface area contributed by atoms with E-state index in [1.54, 1.807) is 0 Å². The Bertz CT molecular complexity index is 517. The molecule has 0 saturated heterocycles. The first-order valence-corrected chi connectivity index (χ1v) is 7.70. The topological polar surface area (TPSA) is 64.1 Å². The van der Waals surface area contributed by atoms with Gasteiger partial charge < -0.3 is 10.1 Å². The molecular weight excluding hydrogens is 311 g/mol. The third kappa shape index (κ3) is 6.83. The number of hydrogen-bond donors (Lipinski definition) is 1. The minimum atomic E-state index is -4.44. The molecule has 1 fully saturated rings. The maximum atomic E-state index is 12.1. The minimum Gasteiger partial charge on any atom is -0.454 e. The highest BCUT2D eigenvalue weighted by atomic mass is 19.4. The SMILES string of the molecule is O=C(CC1CCCCC1)NCc1ccnc(OCC(F)(F)F)n1. The Morgan fingerprint density at radius 1 is 1.30 bits per heavy atom. The van der Waals surface area contributed by atoms with Gasteiger partial charge in [0, 0.05) is 12.6 Å². The fraction of sp³-hybridized carbons (Fsp3) is 0.667. The van der Waals surface area contributed by atoms with Crippen molar-refractivity contribution in [3.63, 3.8) is 0 Å². The van der Waals surface area contributed by atoms with Crippen molar-refractivity contribution in [2.24, 2.45) is 5.92 Å². The summed E-state index contributed by atoms with van der Waals surface area (Å²) in [6.07, 6.45) is 3.09. The first-order chi connectivity index (χ1) is 10.9. The predicted octanol–water partition coefficient (Wildman–Crippen LogP) is 3.00. The lowest BCUT2D eigenvalue weighted by molar-refractivity contribution is -0.154. The quantitative estimate of drug-likeness (QED) is 0.870. The number of hydrogen-bond acceptors (Lipinski definition) is 4. The molecule has 1 aliphatic carbocycles. The van der Waals surface area contributed by atoms with Crippen molar-refractivity contribution in [3.05, 3.63) is 18.0 Å². The van der Waals surface area contributed by atoms with Crippen molar-refractivity contribution in [1.29, 1.82) is 0 Å². The average molecular weight is 331 g/mol. The Morgan fingerprint density at radius 3 is 2.74 bits per heavy atom. The number of carbonyl (C=O) groups is 1. The largest absolute Gasteiger partial charge is 0.454 e. The van der Waals surface area contributed by atoms with Crippen LogP contribution >= 0.6 is 0 Å². The van der Waals surface area contributed by atoms with E-state index in [1.165, 1.54) is 31.5 Å². The molecule has 1 amide bonds. The van der Waals surface area contributed by atoms with Crippen LogP contribution in [0.25, 0.3) is 0 Å². The van der Waals surface area contributed by atoms with Crippen molar-refractivity contribution in [2.45, 2.75) is 51.2 Å². The molecule has 2 rings (SSSR count). The zero-order valence-corrected chi connectivity index (χ0v) is 12.7. The van der Waals surface area contributed by atoms with Gasteiger partial charge in [0.1, 0.15) is 0 Å². The van der Waals surface area contributed by atoms with Gasteiger partial charge in [-0.15, -0.1) is 0 Å². The van der Waals surface area contributed by atoms with Gasteiger partial charge in [0.05, 0.1) is 12.2 Å². The zero-order valence-electron chi connectivity index (χ0n) is 12.7. The van der Waals surface area contributed by atoms with Crippen molar-refractivity contribution < 1.29 is 22.7 Å². The van der Waals surface area contributed by atoms with Gasteiger partial charge in [-0.2, -0.15) is 18.2 Å². The summed E-state index contributed by atoms with van der Waals surface area (Å²) in [5.74, 6) is 0.369. The molecular formula is C15H20F3N3O2. The molecule has 0 aliphatic heterocycles. The van der Waals surface area contributed by atoms with Crippen LogP contribution in [0, 0.1) is 5.92 Å². The number of halogens is 3. The third-order valence-electron chi connectivity index (χ3n) is 3.72. The molecule has 1 saturated carbocycles. The molecule has 0 bridgehead atoms. The van der Waals surface area contributed by atoms with E-state index in [0.29, 0.717) is 18.0 Å². The Labute approximate surface area is 132 Å². The number of carbonyl (C=O) groups excluding carboxylic acids is 1. The molecule has 1 aromatic heterocycles. The third-order valence-corrected chi connectivity index (χ3v) is 3.72. The van der Waals surface area contributed by atoms with Crippen molar-refractivity contribution in [2.75, 3.05) is 6.61 Å². The van der Waals surface area contributed by atoms with E-state index in [4.69, 9.17) is 0 Å². The summed E-state index contributed by atoms with van der Waals surface area (Å²) < 4.78 is 40.7. The second-order valence-corrected chi connectivity index (χ2v) is 5.72. The number of amides is 1. The van der Waals surface area contributed by atoms with Gasteiger partial charge in [-0.05, 0) is 24.8 Å². The summed E-state index contributed by atoms with van der Waals surface area (Å²) in [7, 11) is 0. The van der Waals surface area contributed by atoms with Crippen molar-refractivity contribution in [3.8, 4) is 6.01 Å². The molecule has 1 heterocycles. The maximum absolute atomic E-state index is 12.1. The van der Waals surface area contributed by atoms with Crippen LogP contribution in [0.1, 0.15) is 44.2 Å². The molecule has 128 valence electrons. The average Bonchev–Trinajstić information content (AvgIpc) is 2.52. The highest BCUT2D eigenvalue weighted by Crippen LogP contribution is 2.26. The minimum absolute atomic E-state index is 0.0618. The Balaban J connectivity index is 1.77. The van der Waals surface area contributed by atoms with Gasteiger partial charge in [-0.25, -0.2) is 4.98 Å². The number of nitrogens with zero attached hydrogens (tertiary/aromatic N) is 2. The van der Waals surface area contributed by atoms with E-state index in [0.717, 1.165) is 12.8 Å². The smallest absolute Gasteiger partial charge is 0.422 e. The molecule has 8 heteroatoms. The van der Waals surface area contributed by atoms with Gasteiger partial charge in [0.15, 0.2) is 6.61 Å². The molecule has 0 aromatic carbocycles. The fourth-order valence-corrected chi connectivity index (χ4v) is 2.61. The van der Waals surface area contributed by atoms with Crippen LogP contribution in [0.15, 0.2) is 12.3 Å². The molecule has 23 heavy (non-hydrogen) atoms.